The maximum absolute atomic E-state index is 12.8. The van der Waals surface area contributed by atoms with E-state index in [0.29, 0.717) is 26.0 Å². The molecule has 0 aromatic rings. The lowest BCUT2D eigenvalue weighted by atomic mass is 9.73. The average Bonchev–Trinajstić information content (AvgIpc) is 2.91. The van der Waals surface area contributed by atoms with Gasteiger partial charge in [-0.25, -0.2) is 9.59 Å². The van der Waals surface area contributed by atoms with E-state index in [4.69, 9.17) is 9.47 Å². The van der Waals surface area contributed by atoms with Gasteiger partial charge in [-0.15, -0.1) is 0 Å². The lowest BCUT2D eigenvalue weighted by molar-refractivity contribution is -0.151. The molecule has 11 nitrogen and oxygen atoms in total. The lowest BCUT2D eigenvalue weighted by Gasteiger charge is -2.36. The lowest BCUT2D eigenvalue weighted by Crippen LogP contribution is -2.54. The van der Waals surface area contributed by atoms with E-state index in [0.717, 1.165) is 24.2 Å². The Kier molecular flexibility index (Phi) is 7.94. The molecular weight excluding hydrogens is 384 g/mol. The zero-order chi connectivity index (χ0) is 21.4. The molecule has 3 N–H and O–H groups in total. The molecule has 2 atom stereocenters. The van der Waals surface area contributed by atoms with E-state index in [-0.39, 0.29) is 5.92 Å². The van der Waals surface area contributed by atoms with E-state index >= 15 is 0 Å². The van der Waals surface area contributed by atoms with Crippen LogP contribution in [-0.4, -0.2) is 73.7 Å². The molecule has 0 radical (unpaired) electrons. The smallest absolute Gasteiger partial charge is 0.326 e. The summed E-state index contributed by atoms with van der Waals surface area (Å²) >= 11 is 0. The number of methoxy groups -OCH3 is 1. The minimum atomic E-state index is -0.964. The molecule has 0 unspecified atom stereocenters. The van der Waals surface area contributed by atoms with Gasteiger partial charge in [-0.2, -0.15) is 0 Å². The third-order valence-electron chi connectivity index (χ3n) is 5.22. The largest absolute Gasteiger partial charge is 0.454 e. The van der Waals surface area contributed by atoms with Gasteiger partial charge in [0.1, 0.15) is 12.1 Å². The molecule has 0 bridgehead atoms. The molecule has 29 heavy (non-hydrogen) atoms. The Labute approximate surface area is 168 Å². The molecule has 11 heteroatoms. The first kappa shape index (κ1) is 22.6. The van der Waals surface area contributed by atoms with Crippen molar-refractivity contribution in [2.24, 2.45) is 5.92 Å². The minimum Gasteiger partial charge on any atom is -0.454 e. The zero-order valence-electron chi connectivity index (χ0n) is 16.7. The first-order chi connectivity index (χ1) is 13.8. The number of amides is 6. The molecule has 1 spiro atoms. The first-order valence-electron chi connectivity index (χ1n) is 9.66. The van der Waals surface area contributed by atoms with Gasteiger partial charge >= 0.3 is 18.0 Å². The number of hydrogen-bond acceptors (Lipinski definition) is 7. The van der Waals surface area contributed by atoms with Crippen molar-refractivity contribution < 1.29 is 33.4 Å². The van der Waals surface area contributed by atoms with E-state index in [1.807, 2.05) is 12.2 Å². The predicted octanol–water partition coefficient (Wildman–Crippen LogP) is -0.107. The molecule has 2 fully saturated rings. The van der Waals surface area contributed by atoms with Crippen LogP contribution < -0.4 is 16.0 Å². The van der Waals surface area contributed by atoms with E-state index in [9.17, 15) is 24.0 Å². The Morgan fingerprint density at radius 1 is 1.28 bits per heavy atom. The van der Waals surface area contributed by atoms with Crippen LogP contribution in [0.3, 0.4) is 0 Å². The number of esters is 1. The standard InChI is InChI=1S/C18H28N4O7/c1-12-6-3-4-7-18(12)15(25)22(17(27)21-18)10-14(24)29-11-13(23)20-16(26)19-8-5-9-28-2/h12H,3-11H2,1-2H3,(H,21,27)(H2,19,20,23,26)/t12-,18-/m0/s1. The van der Waals surface area contributed by atoms with Crippen LogP contribution in [0.4, 0.5) is 9.59 Å². The zero-order valence-corrected chi connectivity index (χ0v) is 16.7. The number of ether oxygens (including phenoxy) is 2. The van der Waals surface area contributed by atoms with Crippen molar-refractivity contribution in [3.05, 3.63) is 0 Å². The number of urea groups is 2. The molecule has 1 heterocycles. The van der Waals surface area contributed by atoms with Crippen molar-refractivity contribution in [3.8, 4) is 0 Å². The van der Waals surface area contributed by atoms with Crippen LogP contribution in [0.5, 0.6) is 0 Å². The maximum atomic E-state index is 12.8. The topological polar surface area (TPSA) is 143 Å². The number of nitrogens with one attached hydrogen (secondary N) is 3. The minimum absolute atomic E-state index is 0.0260. The molecule has 2 aliphatic rings. The Hall–Kier alpha value is -2.69. The number of carbonyl (C=O) groups excluding carboxylic acids is 5. The number of carbonyl (C=O) groups is 5. The summed E-state index contributed by atoms with van der Waals surface area (Å²) < 4.78 is 9.61. The van der Waals surface area contributed by atoms with Crippen molar-refractivity contribution >= 4 is 29.8 Å². The van der Waals surface area contributed by atoms with Crippen molar-refractivity contribution in [1.29, 1.82) is 0 Å². The summed E-state index contributed by atoms with van der Waals surface area (Å²) in [6.45, 7) is 1.41. The van der Waals surface area contributed by atoms with Crippen molar-refractivity contribution in [3.63, 3.8) is 0 Å². The first-order valence-corrected chi connectivity index (χ1v) is 9.66. The van der Waals surface area contributed by atoms with E-state index in [1.165, 1.54) is 7.11 Å². The number of imide groups is 2. The second-order valence-electron chi connectivity index (χ2n) is 7.25. The van der Waals surface area contributed by atoms with Gasteiger partial charge in [0.05, 0.1) is 0 Å². The Bertz CT molecular complexity index is 669. The SMILES string of the molecule is COCCCNC(=O)NC(=O)COC(=O)CN1C(=O)N[C@]2(CCCC[C@@H]2C)C1=O. The number of rotatable bonds is 8. The van der Waals surface area contributed by atoms with Gasteiger partial charge in [-0.1, -0.05) is 19.8 Å². The molecule has 1 aliphatic heterocycles. The fraction of sp³-hybridized carbons (Fsp3) is 0.722. The molecular formula is C18H28N4O7. The van der Waals surface area contributed by atoms with Gasteiger partial charge in [0.15, 0.2) is 6.61 Å². The summed E-state index contributed by atoms with van der Waals surface area (Å²) in [7, 11) is 1.53. The number of nitrogens with zero attached hydrogens (tertiary/aromatic N) is 1. The average molecular weight is 412 g/mol. The van der Waals surface area contributed by atoms with E-state index in [2.05, 4.69) is 10.6 Å². The third-order valence-corrected chi connectivity index (χ3v) is 5.22. The highest BCUT2D eigenvalue weighted by Gasteiger charge is 2.55. The van der Waals surface area contributed by atoms with Gasteiger partial charge in [0.2, 0.25) is 0 Å². The molecule has 1 saturated carbocycles. The fourth-order valence-corrected chi connectivity index (χ4v) is 3.59. The van der Waals surface area contributed by atoms with Gasteiger partial charge < -0.3 is 20.1 Å². The monoisotopic (exact) mass is 412 g/mol. The van der Waals surface area contributed by atoms with E-state index in [1.54, 1.807) is 0 Å². The Morgan fingerprint density at radius 2 is 2.03 bits per heavy atom. The summed E-state index contributed by atoms with van der Waals surface area (Å²) in [6.07, 6.45) is 3.74. The second kappa shape index (κ2) is 10.2. The fourth-order valence-electron chi connectivity index (χ4n) is 3.59. The van der Waals surface area contributed by atoms with Crippen LogP contribution in [0, 0.1) is 5.92 Å². The highest BCUT2D eigenvalue weighted by Crippen LogP contribution is 2.38. The molecule has 0 aromatic heterocycles. The normalized spacial score (nSPS) is 23.7. The summed E-state index contributed by atoms with van der Waals surface area (Å²) in [5, 5.41) is 7.19. The molecule has 6 amide bonds. The van der Waals surface area contributed by atoms with Crippen LogP contribution in [0.2, 0.25) is 0 Å². The van der Waals surface area contributed by atoms with Gasteiger partial charge in [-0.05, 0) is 25.2 Å². The van der Waals surface area contributed by atoms with E-state index < -0.39 is 48.5 Å². The van der Waals surface area contributed by atoms with Crippen LogP contribution in [0.1, 0.15) is 39.0 Å². The van der Waals surface area contributed by atoms with Crippen LogP contribution in [-0.2, 0) is 23.9 Å². The van der Waals surface area contributed by atoms with Gasteiger partial charge in [-0.3, -0.25) is 24.6 Å². The van der Waals surface area contributed by atoms with Crippen molar-refractivity contribution in [1.82, 2.24) is 20.9 Å². The molecule has 1 aliphatic carbocycles. The summed E-state index contributed by atoms with van der Waals surface area (Å²) in [6, 6.07) is -1.36. The van der Waals surface area contributed by atoms with Crippen molar-refractivity contribution in [2.45, 2.75) is 44.6 Å². The molecule has 0 aromatic carbocycles. The van der Waals surface area contributed by atoms with Crippen LogP contribution in [0.25, 0.3) is 0 Å². The number of hydrogen-bond donors (Lipinski definition) is 3. The van der Waals surface area contributed by atoms with Gasteiger partial charge in [0.25, 0.3) is 11.8 Å². The summed E-state index contributed by atoms with van der Waals surface area (Å²) in [5.74, 6) is -2.20. The Balaban J connectivity index is 1.76. The molecule has 162 valence electrons. The van der Waals surface area contributed by atoms with Crippen LogP contribution >= 0.6 is 0 Å². The van der Waals surface area contributed by atoms with Gasteiger partial charge in [0, 0.05) is 20.3 Å². The predicted molar refractivity (Wildman–Crippen MR) is 99.6 cm³/mol. The van der Waals surface area contributed by atoms with Crippen LogP contribution in [0.15, 0.2) is 0 Å². The quantitative estimate of drug-likeness (QED) is 0.287. The maximum Gasteiger partial charge on any atom is 0.326 e. The third kappa shape index (κ3) is 5.66. The summed E-state index contributed by atoms with van der Waals surface area (Å²) in [5.41, 5.74) is -0.964. The molecule has 2 rings (SSSR count). The van der Waals surface area contributed by atoms with Crippen molar-refractivity contribution in [2.75, 3.05) is 33.4 Å². The second-order valence-corrected chi connectivity index (χ2v) is 7.25. The summed E-state index contributed by atoms with van der Waals surface area (Å²) in [4.78, 5) is 61.0. The highest BCUT2D eigenvalue weighted by molar-refractivity contribution is 6.09. The molecule has 1 saturated heterocycles. The Morgan fingerprint density at radius 3 is 2.72 bits per heavy atom. The highest BCUT2D eigenvalue weighted by atomic mass is 16.5.